The molecule has 3 aromatic rings. The summed E-state index contributed by atoms with van der Waals surface area (Å²) in [6.45, 7) is 0.903. The van der Waals surface area contributed by atoms with Crippen LogP contribution in [-0.2, 0) is 6.61 Å². The number of oxazole rings is 1. The third-order valence-corrected chi connectivity index (χ3v) is 5.32. The van der Waals surface area contributed by atoms with Crippen LogP contribution >= 0.6 is 11.3 Å². The largest absolute Gasteiger partial charge is 0.497 e. The third-order valence-electron chi connectivity index (χ3n) is 4.34. The first-order valence-corrected chi connectivity index (χ1v) is 9.18. The first-order valence-electron chi connectivity index (χ1n) is 8.30. The van der Waals surface area contributed by atoms with Crippen LogP contribution in [0.4, 0.5) is 0 Å². The molecule has 6 nitrogen and oxygen atoms in total. The number of amides is 1. The molecule has 0 bridgehead atoms. The lowest BCUT2D eigenvalue weighted by atomic mass is 10.0. The Balaban J connectivity index is 1.37. The second-order valence-corrected chi connectivity index (χ2v) is 6.89. The van der Waals surface area contributed by atoms with Crippen LogP contribution in [0.25, 0.3) is 0 Å². The summed E-state index contributed by atoms with van der Waals surface area (Å²) >= 11 is 1.67. The van der Waals surface area contributed by atoms with Gasteiger partial charge in [-0.05, 0) is 42.1 Å². The summed E-state index contributed by atoms with van der Waals surface area (Å²) in [6.07, 6.45) is 2.39. The van der Waals surface area contributed by atoms with Crippen LogP contribution in [0.5, 0.6) is 11.5 Å². The Hall–Kier alpha value is -2.80. The highest BCUT2D eigenvalue weighted by Crippen LogP contribution is 2.36. The van der Waals surface area contributed by atoms with Crippen LogP contribution in [0.3, 0.4) is 0 Å². The lowest BCUT2D eigenvalue weighted by molar-refractivity contribution is 0.0461. The van der Waals surface area contributed by atoms with Crippen LogP contribution in [0.1, 0.15) is 33.7 Å². The maximum absolute atomic E-state index is 12.6. The number of benzene rings is 1. The molecule has 4 rings (SSSR count). The Morgan fingerprint density at radius 3 is 2.77 bits per heavy atom. The predicted octanol–water partition coefficient (Wildman–Crippen LogP) is 3.91. The highest BCUT2D eigenvalue weighted by Gasteiger charge is 2.35. The summed E-state index contributed by atoms with van der Waals surface area (Å²) in [4.78, 5) is 20.0. The second kappa shape index (κ2) is 7.21. The Kier molecular flexibility index (Phi) is 4.62. The van der Waals surface area contributed by atoms with Gasteiger partial charge in [-0.1, -0.05) is 6.07 Å². The third kappa shape index (κ3) is 3.30. The van der Waals surface area contributed by atoms with Gasteiger partial charge in [-0.25, -0.2) is 4.98 Å². The number of likely N-dealkylation sites (tertiary alicyclic amines) is 1. The summed E-state index contributed by atoms with van der Waals surface area (Å²) in [5.41, 5.74) is 0.319. The number of ether oxygens (including phenoxy) is 2. The zero-order valence-corrected chi connectivity index (χ0v) is 15.1. The van der Waals surface area contributed by atoms with E-state index in [1.165, 1.54) is 11.1 Å². The molecule has 2 aromatic heterocycles. The van der Waals surface area contributed by atoms with Gasteiger partial charge in [-0.2, -0.15) is 0 Å². The molecular formula is C19H18N2O4S. The van der Waals surface area contributed by atoms with Crippen molar-refractivity contribution in [3.05, 3.63) is 64.5 Å². The number of carbonyl (C=O) groups is 1. The zero-order chi connectivity index (χ0) is 17.9. The van der Waals surface area contributed by atoms with Gasteiger partial charge in [0.15, 0.2) is 12.3 Å². The van der Waals surface area contributed by atoms with Crippen LogP contribution in [-0.4, -0.2) is 29.4 Å². The van der Waals surface area contributed by atoms with Gasteiger partial charge in [0, 0.05) is 11.4 Å². The van der Waals surface area contributed by atoms with Crippen LogP contribution in [0.2, 0.25) is 0 Å². The van der Waals surface area contributed by atoms with E-state index in [4.69, 9.17) is 13.9 Å². The van der Waals surface area contributed by atoms with Crippen molar-refractivity contribution in [1.29, 1.82) is 0 Å². The number of hydrogen-bond acceptors (Lipinski definition) is 6. The van der Waals surface area contributed by atoms with Crippen molar-refractivity contribution >= 4 is 17.2 Å². The first-order chi connectivity index (χ1) is 12.7. The topological polar surface area (TPSA) is 64.8 Å². The Labute approximate surface area is 155 Å². The lowest BCUT2D eigenvalue weighted by Crippen LogP contribution is -2.44. The van der Waals surface area contributed by atoms with E-state index in [2.05, 4.69) is 11.1 Å². The SMILES string of the molecule is COc1ccc(OCc2nc(C(=O)N3CC[C@@H]3c3cccs3)co2)cc1. The van der Waals surface area contributed by atoms with E-state index in [1.807, 2.05) is 28.5 Å². The van der Waals surface area contributed by atoms with Gasteiger partial charge in [0.25, 0.3) is 5.91 Å². The minimum atomic E-state index is -0.103. The highest BCUT2D eigenvalue weighted by molar-refractivity contribution is 7.10. The Morgan fingerprint density at radius 2 is 2.12 bits per heavy atom. The number of hydrogen-bond donors (Lipinski definition) is 0. The molecule has 1 aromatic carbocycles. The molecule has 3 heterocycles. The maximum atomic E-state index is 12.6. The molecule has 26 heavy (non-hydrogen) atoms. The van der Waals surface area contributed by atoms with Gasteiger partial charge >= 0.3 is 0 Å². The van der Waals surface area contributed by atoms with E-state index in [9.17, 15) is 4.79 Å². The minimum Gasteiger partial charge on any atom is -0.497 e. The summed E-state index contributed by atoms with van der Waals surface area (Å²) in [5.74, 6) is 1.71. The zero-order valence-electron chi connectivity index (χ0n) is 14.3. The first kappa shape index (κ1) is 16.7. The molecule has 0 saturated carbocycles. The van der Waals surface area contributed by atoms with E-state index >= 15 is 0 Å². The number of methoxy groups -OCH3 is 1. The lowest BCUT2D eigenvalue weighted by Gasteiger charge is -2.39. The Bertz CT molecular complexity index is 873. The van der Waals surface area contributed by atoms with Crippen molar-refractivity contribution in [2.24, 2.45) is 0 Å². The van der Waals surface area contributed by atoms with Gasteiger partial charge in [-0.3, -0.25) is 4.79 Å². The van der Waals surface area contributed by atoms with E-state index in [0.29, 0.717) is 17.3 Å². The molecule has 7 heteroatoms. The van der Waals surface area contributed by atoms with Crippen molar-refractivity contribution in [3.8, 4) is 11.5 Å². The number of rotatable bonds is 6. The van der Waals surface area contributed by atoms with Crippen molar-refractivity contribution < 1.29 is 18.7 Å². The fraction of sp³-hybridized carbons (Fsp3) is 0.263. The van der Waals surface area contributed by atoms with E-state index < -0.39 is 0 Å². The average molecular weight is 370 g/mol. The molecule has 1 aliphatic rings. The van der Waals surface area contributed by atoms with E-state index in [1.54, 1.807) is 30.6 Å². The second-order valence-electron chi connectivity index (χ2n) is 5.91. The van der Waals surface area contributed by atoms with E-state index in [-0.39, 0.29) is 18.6 Å². The molecule has 0 unspecified atom stereocenters. The van der Waals surface area contributed by atoms with Crippen molar-refractivity contribution in [2.75, 3.05) is 13.7 Å². The molecule has 1 saturated heterocycles. The predicted molar refractivity (Wildman–Crippen MR) is 96.5 cm³/mol. The number of aromatic nitrogens is 1. The van der Waals surface area contributed by atoms with Gasteiger partial charge < -0.3 is 18.8 Å². The standard InChI is InChI=1S/C19H18N2O4S/c1-23-13-4-6-14(7-5-13)24-12-18-20-15(11-25-18)19(22)21-9-8-16(21)17-3-2-10-26-17/h2-7,10-11,16H,8-9,12H2,1H3/t16-/m1/s1. The quantitative estimate of drug-likeness (QED) is 0.658. The Morgan fingerprint density at radius 1 is 1.31 bits per heavy atom. The highest BCUT2D eigenvalue weighted by atomic mass is 32.1. The fourth-order valence-corrected chi connectivity index (χ4v) is 3.72. The normalized spacial score (nSPS) is 16.2. The molecule has 1 amide bonds. The van der Waals surface area contributed by atoms with Crippen molar-refractivity contribution in [2.45, 2.75) is 19.1 Å². The molecule has 0 aliphatic carbocycles. The molecule has 1 aliphatic heterocycles. The van der Waals surface area contributed by atoms with Crippen molar-refractivity contribution in [1.82, 2.24) is 9.88 Å². The van der Waals surface area contributed by atoms with Gasteiger partial charge in [0.2, 0.25) is 5.89 Å². The summed E-state index contributed by atoms with van der Waals surface area (Å²) in [5, 5.41) is 2.03. The molecular weight excluding hydrogens is 352 g/mol. The van der Waals surface area contributed by atoms with Crippen LogP contribution in [0.15, 0.2) is 52.5 Å². The summed E-state index contributed by atoms with van der Waals surface area (Å²) in [7, 11) is 1.61. The number of nitrogens with zero attached hydrogens (tertiary/aromatic N) is 2. The molecule has 0 spiro atoms. The molecule has 0 N–H and O–H groups in total. The summed E-state index contributed by atoms with van der Waals surface area (Å²) < 4.78 is 16.1. The van der Waals surface area contributed by atoms with Crippen molar-refractivity contribution in [3.63, 3.8) is 0 Å². The fourth-order valence-electron chi connectivity index (χ4n) is 2.85. The van der Waals surface area contributed by atoms with Gasteiger partial charge in [-0.15, -0.1) is 11.3 Å². The maximum Gasteiger partial charge on any atom is 0.276 e. The van der Waals surface area contributed by atoms with E-state index in [0.717, 1.165) is 18.7 Å². The molecule has 134 valence electrons. The summed E-state index contributed by atoms with van der Waals surface area (Å²) in [6, 6.07) is 11.5. The van der Waals surface area contributed by atoms with Gasteiger partial charge in [0.05, 0.1) is 13.2 Å². The number of carbonyl (C=O) groups excluding carboxylic acids is 1. The number of thiophene rings is 1. The average Bonchev–Trinajstić information content (AvgIpc) is 3.31. The van der Waals surface area contributed by atoms with Gasteiger partial charge in [0.1, 0.15) is 17.8 Å². The molecule has 0 radical (unpaired) electrons. The monoisotopic (exact) mass is 370 g/mol. The molecule has 1 fully saturated rings. The molecule has 1 atom stereocenters. The smallest absolute Gasteiger partial charge is 0.276 e. The van der Waals surface area contributed by atoms with Crippen LogP contribution in [0, 0.1) is 0 Å². The van der Waals surface area contributed by atoms with Crippen LogP contribution < -0.4 is 9.47 Å². The minimum absolute atomic E-state index is 0.103.